The Morgan fingerprint density at radius 1 is 1.30 bits per heavy atom. The molecule has 1 N–H and O–H groups in total. The summed E-state index contributed by atoms with van der Waals surface area (Å²) in [7, 11) is 2.67. The number of aliphatic hydroxyl groups is 1. The second-order valence-corrected chi connectivity index (χ2v) is 4.98. The van der Waals surface area contributed by atoms with E-state index >= 15 is 0 Å². The third-order valence-electron chi connectivity index (χ3n) is 3.09. The van der Waals surface area contributed by atoms with Crippen LogP contribution in [0.1, 0.15) is 0 Å². The summed E-state index contributed by atoms with van der Waals surface area (Å²) >= 11 is 0. The highest BCUT2D eigenvalue weighted by Gasteiger charge is 2.38. The normalized spacial score (nSPS) is 13.0. The largest absolute Gasteiger partial charge is 0.415 e. The number of nitro benzene ring substituents is 1. The summed E-state index contributed by atoms with van der Waals surface area (Å²) in [5.41, 5.74) is 0.227. The van der Waals surface area contributed by atoms with Crippen molar-refractivity contribution in [2.75, 3.05) is 32.1 Å². The Kier molecular flexibility index (Phi) is 6.05. The number of halogens is 3. The first-order valence-electron chi connectivity index (χ1n) is 6.46. The van der Waals surface area contributed by atoms with Crippen molar-refractivity contribution in [3.63, 3.8) is 0 Å². The van der Waals surface area contributed by atoms with E-state index in [1.54, 1.807) is 0 Å². The van der Waals surface area contributed by atoms with Gasteiger partial charge in [0.05, 0.1) is 11.5 Å². The summed E-state index contributed by atoms with van der Waals surface area (Å²) < 4.78 is 36.7. The lowest BCUT2D eigenvalue weighted by Crippen LogP contribution is -2.43. The van der Waals surface area contributed by atoms with Crippen molar-refractivity contribution in [2.24, 2.45) is 0 Å². The highest BCUT2D eigenvalue weighted by Crippen LogP contribution is 2.21. The molecule has 0 fully saturated rings. The van der Waals surface area contributed by atoms with E-state index in [1.165, 1.54) is 43.3 Å². The van der Waals surface area contributed by atoms with Crippen molar-refractivity contribution in [3.05, 3.63) is 34.4 Å². The van der Waals surface area contributed by atoms with E-state index < -0.39 is 29.7 Å². The van der Waals surface area contributed by atoms with Gasteiger partial charge in [0.25, 0.3) is 5.69 Å². The predicted octanol–water partition coefficient (Wildman–Crippen LogP) is 1.41. The van der Waals surface area contributed by atoms with Crippen molar-refractivity contribution in [2.45, 2.75) is 12.3 Å². The highest BCUT2D eigenvalue weighted by atomic mass is 19.4. The maximum absolute atomic E-state index is 12.2. The van der Waals surface area contributed by atoms with Crippen molar-refractivity contribution in [3.8, 4) is 0 Å². The van der Waals surface area contributed by atoms with E-state index in [0.717, 1.165) is 4.90 Å². The molecule has 1 amide bonds. The number of hydrogen-bond acceptors (Lipinski definition) is 5. The van der Waals surface area contributed by atoms with Crippen LogP contribution in [-0.2, 0) is 4.79 Å². The third kappa shape index (κ3) is 5.49. The SMILES string of the molecule is CN(CC(=O)N(C)c1ccc([N+](=O)[O-])cc1)CC(O)C(F)(F)F. The Balaban J connectivity index is 2.64. The van der Waals surface area contributed by atoms with Crippen LogP contribution in [0.2, 0.25) is 0 Å². The number of likely N-dealkylation sites (N-methyl/N-ethyl adjacent to an activating group) is 2. The van der Waals surface area contributed by atoms with Gasteiger partial charge in [-0.3, -0.25) is 19.8 Å². The van der Waals surface area contributed by atoms with E-state index in [2.05, 4.69) is 0 Å². The van der Waals surface area contributed by atoms with Crippen LogP contribution in [0, 0.1) is 10.1 Å². The summed E-state index contributed by atoms with van der Waals surface area (Å²) in [4.78, 5) is 24.2. The molecule has 23 heavy (non-hydrogen) atoms. The number of anilines is 1. The molecule has 0 aliphatic rings. The smallest absolute Gasteiger partial charge is 0.382 e. The van der Waals surface area contributed by atoms with Crippen molar-refractivity contribution >= 4 is 17.3 Å². The molecule has 0 bridgehead atoms. The van der Waals surface area contributed by atoms with Crippen LogP contribution >= 0.6 is 0 Å². The topological polar surface area (TPSA) is 86.9 Å². The Labute approximate surface area is 130 Å². The van der Waals surface area contributed by atoms with Crippen LogP contribution < -0.4 is 4.90 Å². The molecule has 128 valence electrons. The molecule has 10 heteroatoms. The molecule has 1 aromatic rings. The standard InChI is InChI=1S/C13H16F3N3O4/c1-17(7-11(20)13(14,15)16)8-12(21)18(2)9-3-5-10(6-4-9)19(22)23/h3-6,11,20H,7-8H2,1-2H3. The number of carbonyl (C=O) groups is 1. The van der Waals surface area contributed by atoms with Gasteiger partial charge < -0.3 is 10.0 Å². The highest BCUT2D eigenvalue weighted by molar-refractivity contribution is 5.94. The fourth-order valence-corrected chi connectivity index (χ4v) is 1.74. The molecule has 1 unspecified atom stereocenters. The minimum Gasteiger partial charge on any atom is -0.382 e. The summed E-state index contributed by atoms with van der Waals surface area (Å²) in [5, 5.41) is 19.5. The number of benzene rings is 1. The first-order chi connectivity index (χ1) is 10.5. The van der Waals surface area contributed by atoms with Crippen LogP contribution in [0.25, 0.3) is 0 Å². The molecule has 1 rings (SSSR count). The van der Waals surface area contributed by atoms with E-state index in [9.17, 15) is 28.1 Å². The molecular weight excluding hydrogens is 319 g/mol. The van der Waals surface area contributed by atoms with Gasteiger partial charge in [0.2, 0.25) is 5.91 Å². The van der Waals surface area contributed by atoms with Crippen LogP contribution in [0.15, 0.2) is 24.3 Å². The van der Waals surface area contributed by atoms with Gasteiger partial charge in [-0.05, 0) is 19.2 Å². The Hall–Kier alpha value is -2.20. The summed E-state index contributed by atoms with van der Waals surface area (Å²) in [6.07, 6.45) is -7.29. The maximum atomic E-state index is 12.2. The van der Waals surface area contributed by atoms with Gasteiger partial charge >= 0.3 is 6.18 Å². The molecular formula is C13H16F3N3O4. The lowest BCUT2D eigenvalue weighted by Gasteiger charge is -2.24. The number of alkyl halides is 3. The maximum Gasteiger partial charge on any atom is 0.415 e. The number of aliphatic hydroxyl groups excluding tert-OH is 1. The first kappa shape index (κ1) is 18.8. The lowest BCUT2D eigenvalue weighted by atomic mass is 10.2. The minimum atomic E-state index is -4.75. The second-order valence-electron chi connectivity index (χ2n) is 4.98. The minimum absolute atomic E-state index is 0.139. The van der Waals surface area contributed by atoms with Crippen LogP contribution in [-0.4, -0.2) is 60.3 Å². The van der Waals surface area contributed by atoms with Crippen molar-refractivity contribution in [1.82, 2.24) is 4.90 Å². The van der Waals surface area contributed by atoms with Crippen LogP contribution in [0.5, 0.6) is 0 Å². The van der Waals surface area contributed by atoms with E-state index in [0.29, 0.717) is 5.69 Å². The number of amides is 1. The number of rotatable bonds is 6. The third-order valence-corrected chi connectivity index (χ3v) is 3.09. The molecule has 0 aromatic heterocycles. The van der Waals surface area contributed by atoms with E-state index in [4.69, 9.17) is 5.11 Å². The molecule has 0 heterocycles. The van der Waals surface area contributed by atoms with Gasteiger partial charge in [0.15, 0.2) is 6.10 Å². The number of hydrogen-bond donors (Lipinski definition) is 1. The zero-order valence-electron chi connectivity index (χ0n) is 12.4. The van der Waals surface area contributed by atoms with Gasteiger partial charge in [0.1, 0.15) is 0 Å². The molecule has 0 aliphatic heterocycles. The van der Waals surface area contributed by atoms with Gasteiger partial charge in [-0.1, -0.05) is 0 Å². The van der Waals surface area contributed by atoms with E-state index in [-0.39, 0.29) is 12.2 Å². The van der Waals surface area contributed by atoms with Crippen LogP contribution in [0.4, 0.5) is 24.5 Å². The monoisotopic (exact) mass is 335 g/mol. The van der Waals surface area contributed by atoms with Gasteiger partial charge in [-0.25, -0.2) is 0 Å². The fraction of sp³-hybridized carbons (Fsp3) is 0.462. The average Bonchev–Trinajstić information content (AvgIpc) is 2.45. The van der Waals surface area contributed by atoms with Gasteiger partial charge in [-0.15, -0.1) is 0 Å². The Bertz CT molecular complexity index is 563. The molecule has 1 aromatic carbocycles. The quantitative estimate of drug-likeness (QED) is 0.627. The number of nitro groups is 1. The molecule has 7 nitrogen and oxygen atoms in total. The lowest BCUT2D eigenvalue weighted by molar-refractivity contribution is -0.384. The van der Waals surface area contributed by atoms with Crippen molar-refractivity contribution < 1.29 is 28.0 Å². The van der Waals surface area contributed by atoms with Crippen molar-refractivity contribution in [1.29, 1.82) is 0 Å². The molecule has 0 saturated heterocycles. The molecule has 0 radical (unpaired) electrons. The first-order valence-corrected chi connectivity index (χ1v) is 6.46. The molecule has 1 atom stereocenters. The van der Waals surface area contributed by atoms with Gasteiger partial charge in [0, 0.05) is 31.4 Å². The van der Waals surface area contributed by atoms with Crippen LogP contribution in [0.3, 0.4) is 0 Å². The Morgan fingerprint density at radius 3 is 2.26 bits per heavy atom. The van der Waals surface area contributed by atoms with Gasteiger partial charge in [-0.2, -0.15) is 13.2 Å². The Morgan fingerprint density at radius 2 is 1.83 bits per heavy atom. The summed E-state index contributed by atoms with van der Waals surface area (Å²) in [5.74, 6) is -0.518. The molecule has 0 saturated carbocycles. The molecule has 0 aliphatic carbocycles. The molecule has 0 spiro atoms. The second kappa shape index (κ2) is 7.38. The predicted molar refractivity (Wildman–Crippen MR) is 76.1 cm³/mol. The zero-order chi connectivity index (χ0) is 17.8. The number of non-ortho nitro benzene ring substituents is 1. The average molecular weight is 335 g/mol. The summed E-state index contributed by atoms with van der Waals surface area (Å²) in [6, 6.07) is 5.16. The fourth-order valence-electron chi connectivity index (χ4n) is 1.74. The van der Waals surface area contributed by atoms with E-state index in [1.807, 2.05) is 0 Å². The number of carbonyl (C=O) groups excluding carboxylic acids is 1. The number of nitrogens with zero attached hydrogens (tertiary/aromatic N) is 3. The summed E-state index contributed by atoms with van der Waals surface area (Å²) in [6.45, 7) is -1.08. The zero-order valence-corrected chi connectivity index (χ0v) is 12.4.